The number of carbonyl (C=O) groups is 2. The van der Waals surface area contributed by atoms with Crippen LogP contribution in [0.5, 0.6) is 0 Å². The zero-order valence-electron chi connectivity index (χ0n) is 15.7. The number of rotatable bonds is 3. The van der Waals surface area contributed by atoms with Crippen molar-refractivity contribution in [3.63, 3.8) is 0 Å². The summed E-state index contributed by atoms with van der Waals surface area (Å²) >= 11 is 9.61. The van der Waals surface area contributed by atoms with Gasteiger partial charge < -0.3 is 0 Å². The Hall–Kier alpha value is -3.23. The van der Waals surface area contributed by atoms with Gasteiger partial charge in [-0.25, -0.2) is 4.98 Å². The molecule has 9 heteroatoms. The molecule has 4 rings (SSSR count). The van der Waals surface area contributed by atoms with Crippen LogP contribution in [0.2, 0.25) is 5.02 Å². The second kappa shape index (κ2) is 8.25. The number of H-pyrrole nitrogens is 1. The number of aryl methyl sites for hydroxylation is 1. The SMILES string of the molecule is Cc1[nH]nc(C(=O)NNC(=O)c2cc(-c3ccccc3Cl)nc3ccccc23)c1Br. The Morgan fingerprint density at radius 3 is 2.47 bits per heavy atom. The number of nitrogens with zero attached hydrogens (tertiary/aromatic N) is 2. The first-order valence-corrected chi connectivity index (χ1v) is 10.1. The third-order valence-electron chi connectivity index (χ3n) is 4.49. The fraction of sp³-hybridized carbons (Fsp3) is 0.0476. The van der Waals surface area contributed by atoms with E-state index in [1.807, 2.05) is 36.4 Å². The summed E-state index contributed by atoms with van der Waals surface area (Å²) in [4.78, 5) is 29.9. The lowest BCUT2D eigenvalue weighted by atomic mass is 10.0. The van der Waals surface area contributed by atoms with Gasteiger partial charge in [0.05, 0.1) is 21.2 Å². The van der Waals surface area contributed by atoms with Gasteiger partial charge in [0.15, 0.2) is 5.69 Å². The van der Waals surface area contributed by atoms with E-state index < -0.39 is 11.8 Å². The Kier molecular flexibility index (Phi) is 5.52. The van der Waals surface area contributed by atoms with Crippen molar-refractivity contribution in [1.82, 2.24) is 26.0 Å². The Bertz CT molecular complexity index is 1290. The smallest absolute Gasteiger partial charge is 0.281 e. The molecule has 0 atom stereocenters. The van der Waals surface area contributed by atoms with E-state index in [1.165, 1.54) is 0 Å². The van der Waals surface area contributed by atoms with E-state index in [0.29, 0.717) is 42.9 Å². The molecule has 30 heavy (non-hydrogen) atoms. The Morgan fingerprint density at radius 2 is 1.73 bits per heavy atom. The number of hydrogen-bond acceptors (Lipinski definition) is 4. The lowest BCUT2D eigenvalue weighted by Crippen LogP contribution is -2.42. The first-order chi connectivity index (χ1) is 14.5. The van der Waals surface area contributed by atoms with Gasteiger partial charge in [-0.1, -0.05) is 48.0 Å². The van der Waals surface area contributed by atoms with Crippen molar-refractivity contribution in [3.8, 4) is 11.3 Å². The average molecular weight is 485 g/mol. The zero-order chi connectivity index (χ0) is 21.3. The molecule has 0 saturated heterocycles. The largest absolute Gasteiger partial charge is 0.291 e. The Morgan fingerprint density at radius 1 is 1.03 bits per heavy atom. The average Bonchev–Trinajstić information content (AvgIpc) is 3.09. The van der Waals surface area contributed by atoms with Gasteiger partial charge in [0.1, 0.15) is 0 Å². The molecule has 2 aromatic heterocycles. The van der Waals surface area contributed by atoms with Crippen molar-refractivity contribution >= 4 is 50.2 Å². The minimum atomic E-state index is -0.552. The van der Waals surface area contributed by atoms with Crippen LogP contribution in [-0.4, -0.2) is 27.0 Å². The number of hydrogen-bond donors (Lipinski definition) is 3. The number of aromatic amines is 1. The van der Waals surface area contributed by atoms with Gasteiger partial charge in [0.25, 0.3) is 11.8 Å². The number of carbonyl (C=O) groups excluding carboxylic acids is 2. The predicted molar refractivity (Wildman–Crippen MR) is 118 cm³/mol. The summed E-state index contributed by atoms with van der Waals surface area (Å²) in [6, 6.07) is 16.2. The van der Waals surface area contributed by atoms with E-state index in [0.717, 1.165) is 0 Å². The van der Waals surface area contributed by atoms with Crippen molar-refractivity contribution in [1.29, 1.82) is 0 Å². The van der Waals surface area contributed by atoms with Crippen molar-refractivity contribution in [3.05, 3.63) is 81.0 Å². The van der Waals surface area contributed by atoms with E-state index in [-0.39, 0.29) is 5.69 Å². The summed E-state index contributed by atoms with van der Waals surface area (Å²) < 4.78 is 0.532. The first-order valence-electron chi connectivity index (χ1n) is 8.91. The quantitative estimate of drug-likeness (QED) is 0.375. The number of benzene rings is 2. The molecule has 2 aromatic carbocycles. The van der Waals surface area contributed by atoms with Gasteiger partial charge >= 0.3 is 0 Å². The van der Waals surface area contributed by atoms with Gasteiger partial charge in [-0.2, -0.15) is 5.10 Å². The minimum absolute atomic E-state index is 0.143. The molecular weight excluding hydrogens is 470 g/mol. The third-order valence-corrected chi connectivity index (χ3v) is 5.79. The number of hydrazine groups is 1. The van der Waals surface area contributed by atoms with E-state index >= 15 is 0 Å². The van der Waals surface area contributed by atoms with Crippen LogP contribution in [0, 0.1) is 6.92 Å². The van der Waals surface area contributed by atoms with Crippen LogP contribution in [0.25, 0.3) is 22.2 Å². The molecule has 3 N–H and O–H groups in total. The number of nitrogens with one attached hydrogen (secondary N) is 3. The topological polar surface area (TPSA) is 99.8 Å². The summed E-state index contributed by atoms with van der Waals surface area (Å²) in [6.45, 7) is 1.77. The van der Waals surface area contributed by atoms with Crippen LogP contribution in [0.4, 0.5) is 0 Å². The van der Waals surface area contributed by atoms with Gasteiger partial charge in [-0.3, -0.25) is 25.5 Å². The molecule has 0 saturated carbocycles. The minimum Gasteiger partial charge on any atom is -0.281 e. The molecule has 0 bridgehead atoms. The number of fused-ring (bicyclic) bond motifs is 1. The molecular formula is C21H15BrClN5O2. The van der Waals surface area contributed by atoms with Crippen LogP contribution >= 0.6 is 27.5 Å². The molecule has 0 spiro atoms. The Labute approximate surface area is 185 Å². The monoisotopic (exact) mass is 483 g/mol. The highest BCUT2D eigenvalue weighted by Gasteiger charge is 2.19. The zero-order valence-corrected chi connectivity index (χ0v) is 18.0. The van der Waals surface area contributed by atoms with E-state index in [1.54, 1.807) is 25.1 Å². The lowest BCUT2D eigenvalue weighted by molar-refractivity contribution is 0.0844. The summed E-state index contributed by atoms with van der Waals surface area (Å²) in [7, 11) is 0. The van der Waals surface area contributed by atoms with Gasteiger partial charge in [0.2, 0.25) is 0 Å². The fourth-order valence-corrected chi connectivity index (χ4v) is 3.57. The van der Waals surface area contributed by atoms with E-state index in [2.05, 4.69) is 42.0 Å². The summed E-state index contributed by atoms with van der Waals surface area (Å²) in [5.74, 6) is -1.04. The van der Waals surface area contributed by atoms with Crippen molar-refractivity contribution in [2.75, 3.05) is 0 Å². The maximum absolute atomic E-state index is 12.9. The highest BCUT2D eigenvalue weighted by molar-refractivity contribution is 9.10. The standard InChI is InChI=1S/C21H15BrClN5O2/c1-11-18(22)19(26-25-11)21(30)28-27-20(29)14-10-17(13-7-2-4-8-15(13)23)24-16-9-5-3-6-12(14)16/h2-10H,1H3,(H,25,26)(H,27,29)(H,28,30). The highest BCUT2D eigenvalue weighted by atomic mass is 79.9. The van der Waals surface area contributed by atoms with Gasteiger partial charge in [-0.15, -0.1) is 0 Å². The highest BCUT2D eigenvalue weighted by Crippen LogP contribution is 2.29. The van der Waals surface area contributed by atoms with Crippen molar-refractivity contribution < 1.29 is 9.59 Å². The molecule has 0 aliphatic heterocycles. The molecule has 0 fully saturated rings. The molecule has 150 valence electrons. The van der Waals surface area contributed by atoms with Crippen LogP contribution in [-0.2, 0) is 0 Å². The van der Waals surface area contributed by atoms with Gasteiger partial charge in [-0.05, 0) is 41.1 Å². The number of halogens is 2. The van der Waals surface area contributed by atoms with Crippen LogP contribution in [0.3, 0.4) is 0 Å². The molecule has 0 aliphatic rings. The second-order valence-electron chi connectivity index (χ2n) is 6.47. The summed E-state index contributed by atoms with van der Waals surface area (Å²) in [6.07, 6.45) is 0. The number of aromatic nitrogens is 3. The van der Waals surface area contributed by atoms with Gasteiger partial charge in [0, 0.05) is 21.7 Å². The maximum atomic E-state index is 12.9. The molecule has 4 aromatic rings. The third kappa shape index (κ3) is 3.79. The predicted octanol–water partition coefficient (Wildman–Crippen LogP) is 4.42. The first kappa shape index (κ1) is 20.1. The van der Waals surface area contributed by atoms with E-state index in [4.69, 9.17) is 11.6 Å². The maximum Gasteiger partial charge on any atom is 0.291 e. The number of pyridine rings is 1. The fourth-order valence-electron chi connectivity index (χ4n) is 2.98. The number of amides is 2. The van der Waals surface area contributed by atoms with E-state index in [9.17, 15) is 9.59 Å². The normalized spacial score (nSPS) is 10.8. The number of para-hydroxylation sites is 1. The van der Waals surface area contributed by atoms with Crippen molar-refractivity contribution in [2.24, 2.45) is 0 Å². The van der Waals surface area contributed by atoms with Crippen molar-refractivity contribution in [2.45, 2.75) is 6.92 Å². The molecule has 2 heterocycles. The molecule has 2 amide bonds. The second-order valence-corrected chi connectivity index (χ2v) is 7.67. The molecule has 0 radical (unpaired) electrons. The summed E-state index contributed by atoms with van der Waals surface area (Å²) in [5.41, 5.74) is 7.94. The molecule has 0 aliphatic carbocycles. The Balaban J connectivity index is 1.67. The van der Waals surface area contributed by atoms with Crippen LogP contribution in [0.15, 0.2) is 59.1 Å². The lowest BCUT2D eigenvalue weighted by Gasteiger charge is -2.11. The van der Waals surface area contributed by atoms with Crippen LogP contribution in [0.1, 0.15) is 26.5 Å². The molecule has 0 unspecified atom stereocenters. The summed E-state index contributed by atoms with van der Waals surface area (Å²) in [5, 5.41) is 7.80. The molecule has 7 nitrogen and oxygen atoms in total. The van der Waals surface area contributed by atoms with Crippen LogP contribution < -0.4 is 10.9 Å².